The van der Waals surface area contributed by atoms with Crippen molar-refractivity contribution in [1.82, 2.24) is 4.90 Å². The summed E-state index contributed by atoms with van der Waals surface area (Å²) in [5.74, 6) is -0.413. The molecule has 1 rings (SSSR count). The van der Waals surface area contributed by atoms with Crippen LogP contribution in [0.3, 0.4) is 0 Å². The Morgan fingerprint density at radius 3 is 2.67 bits per heavy atom. The highest BCUT2D eigenvalue weighted by atomic mass is 32.2. The molecule has 1 heterocycles. The minimum Gasteiger partial charge on any atom is -0.392 e. The van der Waals surface area contributed by atoms with Gasteiger partial charge in [-0.15, -0.1) is 0 Å². The van der Waals surface area contributed by atoms with Gasteiger partial charge in [-0.2, -0.15) is 8.42 Å². The van der Waals surface area contributed by atoms with Crippen LogP contribution in [0, 0.1) is 0 Å². The van der Waals surface area contributed by atoms with Crippen molar-refractivity contribution in [3.8, 4) is 0 Å². The van der Waals surface area contributed by atoms with E-state index in [0.29, 0.717) is 31.9 Å². The number of amidine groups is 1. The molecule has 1 atom stereocenters. The van der Waals surface area contributed by atoms with E-state index in [0.717, 1.165) is 32.1 Å². The number of Topliss-reactive ketones (excluding diaryl/α,β-unsaturated/α-hetero) is 1. The van der Waals surface area contributed by atoms with Gasteiger partial charge in [-0.25, -0.2) is 0 Å². The van der Waals surface area contributed by atoms with E-state index in [2.05, 4.69) is 19.1 Å². The number of carbonyl (C=O) groups is 1. The van der Waals surface area contributed by atoms with E-state index < -0.39 is 22.0 Å². The molecule has 0 fully saturated rings. The van der Waals surface area contributed by atoms with Crippen LogP contribution in [-0.2, 0) is 14.9 Å². The first kappa shape index (κ1) is 23.7. The molecule has 1 aliphatic heterocycles. The molecule has 0 aliphatic carbocycles. The molecule has 0 aromatic rings. The van der Waals surface area contributed by atoms with Crippen molar-refractivity contribution >= 4 is 21.7 Å². The molecule has 0 amide bonds. The number of hydrogen-bond acceptors (Lipinski definition) is 6. The van der Waals surface area contributed by atoms with Crippen LogP contribution < -0.4 is 0 Å². The van der Waals surface area contributed by atoms with E-state index in [4.69, 9.17) is 4.55 Å². The minimum atomic E-state index is -4.28. The Balaban J connectivity index is 2.66. The number of carbonyl (C=O) groups excluding carboxylic acids is 1. The van der Waals surface area contributed by atoms with Crippen LogP contribution in [0.4, 0.5) is 0 Å². The lowest BCUT2D eigenvalue weighted by Crippen LogP contribution is -2.40. The highest BCUT2D eigenvalue weighted by Crippen LogP contribution is 2.10. The van der Waals surface area contributed by atoms with Crippen LogP contribution >= 0.6 is 0 Å². The number of nitrogens with zero attached hydrogens (tertiary/aromatic N) is 2. The van der Waals surface area contributed by atoms with Gasteiger partial charge in [0.25, 0.3) is 10.1 Å². The van der Waals surface area contributed by atoms with Crippen LogP contribution in [0.2, 0.25) is 0 Å². The van der Waals surface area contributed by atoms with Crippen molar-refractivity contribution in [3.05, 3.63) is 12.2 Å². The smallest absolute Gasteiger partial charge is 0.316 e. The van der Waals surface area contributed by atoms with E-state index >= 15 is 0 Å². The minimum absolute atomic E-state index is 0.0510. The van der Waals surface area contributed by atoms with Gasteiger partial charge in [-0.05, 0) is 25.7 Å². The molecule has 0 bridgehead atoms. The maximum atomic E-state index is 12.7. The molecule has 0 spiro atoms. The summed E-state index contributed by atoms with van der Waals surface area (Å²) in [6.07, 6.45) is 8.12. The van der Waals surface area contributed by atoms with Crippen molar-refractivity contribution < 1.29 is 32.6 Å². The van der Waals surface area contributed by atoms with Gasteiger partial charge in [-0.1, -0.05) is 25.5 Å². The summed E-state index contributed by atoms with van der Waals surface area (Å²) in [6, 6.07) is 0. The van der Waals surface area contributed by atoms with Gasteiger partial charge in [-0.3, -0.25) is 18.8 Å². The zero-order valence-electron chi connectivity index (χ0n) is 16.1. The lowest BCUT2D eigenvalue weighted by molar-refractivity contribution is -0.525. The number of ketones is 1. The Kier molecular flexibility index (Phi) is 10.8. The van der Waals surface area contributed by atoms with Gasteiger partial charge in [0, 0.05) is 6.42 Å². The quantitative estimate of drug-likeness (QED) is 0.166. The highest BCUT2D eigenvalue weighted by molar-refractivity contribution is 7.85. The monoisotopic (exact) mass is 405 g/mol. The van der Waals surface area contributed by atoms with Crippen LogP contribution in [-0.4, -0.2) is 88.9 Å². The molecule has 0 radical (unpaired) electrons. The van der Waals surface area contributed by atoms with Crippen LogP contribution in [0.15, 0.2) is 12.2 Å². The van der Waals surface area contributed by atoms with Crippen LogP contribution in [0.25, 0.3) is 0 Å². The molecule has 0 aromatic carbocycles. The third-order valence-electron chi connectivity index (χ3n) is 4.37. The average molecular weight is 406 g/mol. The molecule has 1 unspecified atom stereocenters. The first-order chi connectivity index (χ1) is 12.8. The van der Waals surface area contributed by atoms with Crippen molar-refractivity contribution in [2.75, 3.05) is 38.5 Å². The Hall–Kier alpha value is -1.29. The number of aliphatic hydroxyl groups excluding tert-OH is 2. The Labute approximate surface area is 161 Å². The molecule has 9 heteroatoms. The molecule has 0 saturated heterocycles. The molecular weight excluding hydrogens is 372 g/mol. The normalized spacial score (nSPS) is 16.5. The number of hydrogen-bond donors (Lipinski definition) is 3. The predicted octanol–water partition coefficient (Wildman–Crippen LogP) is 0.440. The van der Waals surface area contributed by atoms with Crippen LogP contribution in [0.5, 0.6) is 0 Å². The number of allylic oxidation sites excluding steroid dienone is 2. The summed E-state index contributed by atoms with van der Waals surface area (Å²) in [6.45, 7) is 3.25. The second kappa shape index (κ2) is 12.2. The van der Waals surface area contributed by atoms with E-state index in [-0.39, 0.29) is 18.9 Å². The van der Waals surface area contributed by atoms with Crippen molar-refractivity contribution in [2.24, 2.45) is 0 Å². The van der Waals surface area contributed by atoms with Crippen molar-refractivity contribution in [1.29, 1.82) is 0 Å². The number of unbranched alkanes of at least 4 members (excludes halogenated alkanes) is 3. The molecule has 0 saturated carbocycles. The molecule has 27 heavy (non-hydrogen) atoms. The first-order valence-electron chi connectivity index (χ1n) is 9.57. The summed E-state index contributed by atoms with van der Waals surface area (Å²) >= 11 is 0. The SMILES string of the molecule is CC/C=C/CCCCCC(=O)C1=[N+](CC(O)CS(=O)(=O)O)CCN1CCO. The number of β-amino-alcohol motifs (C(OH)–C–C–N with tert-alkyl or cyclic N) is 2. The van der Waals surface area contributed by atoms with Crippen molar-refractivity contribution in [3.63, 3.8) is 0 Å². The number of rotatable bonds is 14. The molecule has 8 nitrogen and oxygen atoms in total. The maximum absolute atomic E-state index is 12.7. The summed E-state index contributed by atoms with van der Waals surface area (Å²) in [5.41, 5.74) is 0. The van der Waals surface area contributed by atoms with E-state index in [9.17, 15) is 23.4 Å². The topological polar surface area (TPSA) is 118 Å². The lowest BCUT2D eigenvalue weighted by Gasteiger charge is -2.13. The maximum Gasteiger partial charge on any atom is 0.316 e. The second-order valence-corrected chi connectivity index (χ2v) is 8.28. The standard InChI is InChI=1S/C18H32N2O6S/c1-2-3-4-5-6-7-8-9-17(23)18-19(12-13-21)10-11-20(18)14-16(22)15-27(24,25)26/h3-4,16,21-22H,2,5-15H2,1H3/p+1/b4-3+. The van der Waals surface area contributed by atoms with E-state index in [1.807, 2.05) is 0 Å². The highest BCUT2D eigenvalue weighted by Gasteiger charge is 2.36. The largest absolute Gasteiger partial charge is 0.392 e. The van der Waals surface area contributed by atoms with E-state index in [1.54, 1.807) is 9.48 Å². The fourth-order valence-corrected chi connectivity index (χ4v) is 3.78. The third-order valence-corrected chi connectivity index (χ3v) is 5.18. The third kappa shape index (κ3) is 9.46. The lowest BCUT2D eigenvalue weighted by atomic mass is 10.1. The summed E-state index contributed by atoms with van der Waals surface area (Å²) in [7, 11) is -4.28. The summed E-state index contributed by atoms with van der Waals surface area (Å²) in [5, 5.41) is 19.1. The van der Waals surface area contributed by atoms with Gasteiger partial charge in [0.05, 0.1) is 6.61 Å². The van der Waals surface area contributed by atoms with Gasteiger partial charge in [0.1, 0.15) is 38.0 Å². The fourth-order valence-electron chi connectivity index (χ4n) is 3.19. The molecule has 1 aliphatic rings. The van der Waals surface area contributed by atoms with Gasteiger partial charge in [0.15, 0.2) is 0 Å². The fraction of sp³-hybridized carbons (Fsp3) is 0.778. The summed E-state index contributed by atoms with van der Waals surface area (Å²) in [4.78, 5) is 14.4. The summed E-state index contributed by atoms with van der Waals surface area (Å²) < 4.78 is 32.4. The molecule has 3 N–H and O–H groups in total. The zero-order valence-corrected chi connectivity index (χ0v) is 16.9. The first-order valence-corrected chi connectivity index (χ1v) is 11.2. The van der Waals surface area contributed by atoms with Gasteiger partial charge < -0.3 is 10.2 Å². The Morgan fingerprint density at radius 1 is 1.30 bits per heavy atom. The average Bonchev–Trinajstić information content (AvgIpc) is 2.94. The number of aliphatic hydroxyl groups is 2. The molecule has 0 aromatic heterocycles. The second-order valence-electron chi connectivity index (χ2n) is 6.78. The predicted molar refractivity (Wildman–Crippen MR) is 104 cm³/mol. The van der Waals surface area contributed by atoms with E-state index in [1.165, 1.54) is 0 Å². The van der Waals surface area contributed by atoms with Gasteiger partial charge >= 0.3 is 5.84 Å². The van der Waals surface area contributed by atoms with Crippen molar-refractivity contribution in [2.45, 2.75) is 51.6 Å². The Morgan fingerprint density at radius 2 is 2.04 bits per heavy atom. The zero-order chi connectivity index (χ0) is 20.3. The van der Waals surface area contributed by atoms with Crippen LogP contribution in [0.1, 0.15) is 45.4 Å². The molecule has 156 valence electrons. The Bertz CT molecular complexity index is 630. The van der Waals surface area contributed by atoms with Gasteiger partial charge in [0.2, 0.25) is 5.78 Å². The molecular formula is C18H33N2O6S+.